The van der Waals surface area contributed by atoms with Crippen molar-refractivity contribution in [1.82, 2.24) is 9.55 Å². The number of benzene rings is 1. The molecule has 1 aromatic heterocycles. The second-order valence-corrected chi connectivity index (χ2v) is 7.80. The monoisotopic (exact) mass is 309 g/mol. The van der Waals surface area contributed by atoms with Crippen LogP contribution in [0.15, 0.2) is 30.7 Å². The number of aromatic nitrogens is 2. The highest BCUT2D eigenvalue weighted by atomic mass is 35.5. The Hall–Kier alpha value is -1.66. The summed E-state index contributed by atoms with van der Waals surface area (Å²) in [5.74, 6) is -0.524. The number of imidazole rings is 1. The number of hydrogen-bond donors (Lipinski definition) is 1. The molecule has 4 nitrogen and oxygen atoms in total. The second-order valence-electron chi connectivity index (χ2n) is 4.81. The van der Waals surface area contributed by atoms with Crippen molar-refractivity contribution in [3.05, 3.63) is 52.8 Å². The lowest BCUT2D eigenvalue weighted by Gasteiger charge is -2.07. The average molecular weight is 310 g/mol. The van der Waals surface area contributed by atoms with E-state index in [1.165, 1.54) is 12.5 Å². The van der Waals surface area contributed by atoms with Gasteiger partial charge >= 0.3 is 0 Å². The summed E-state index contributed by atoms with van der Waals surface area (Å²) in [6, 6.07) is 6.38. The van der Waals surface area contributed by atoms with Gasteiger partial charge in [-0.15, -0.1) is 0 Å². The zero-order chi connectivity index (χ0) is 14.3. The topological polar surface area (TPSA) is 55.1 Å². The average Bonchev–Trinajstić information content (AvgIpc) is 3.10. The van der Waals surface area contributed by atoms with Gasteiger partial charge in [-0.1, -0.05) is 23.7 Å². The Labute approximate surface area is 121 Å². The first-order valence-electron chi connectivity index (χ1n) is 6.09. The van der Waals surface area contributed by atoms with Gasteiger partial charge in [-0.25, -0.2) is 4.98 Å². The lowest BCUT2D eigenvalue weighted by Crippen LogP contribution is -2.08. The van der Waals surface area contributed by atoms with Crippen molar-refractivity contribution in [3.8, 4) is 0 Å². The van der Waals surface area contributed by atoms with Crippen LogP contribution >= 0.6 is 11.6 Å². The van der Waals surface area contributed by atoms with Crippen LogP contribution in [0.5, 0.6) is 0 Å². The maximum atomic E-state index is 12.8. The number of nitrogens with zero attached hydrogens (tertiary/aromatic N) is 2. The van der Waals surface area contributed by atoms with Crippen LogP contribution in [0.2, 0.25) is 11.1 Å². The van der Waals surface area contributed by atoms with E-state index in [9.17, 15) is 9.18 Å². The Morgan fingerprint density at radius 2 is 2.40 bits per heavy atom. The van der Waals surface area contributed by atoms with Gasteiger partial charge in [0.25, 0.3) is 5.59 Å². The predicted octanol–water partition coefficient (Wildman–Crippen LogP) is 3.11. The largest absolute Gasteiger partial charge is 0.486 e. The van der Waals surface area contributed by atoms with Crippen LogP contribution in [-0.4, -0.2) is 29.0 Å². The fourth-order valence-corrected chi connectivity index (χ4v) is 4.41. The molecule has 3 rings (SSSR count). The van der Waals surface area contributed by atoms with Crippen LogP contribution in [0.1, 0.15) is 16.7 Å². The second kappa shape index (κ2) is 5.03. The molecule has 0 bridgehead atoms. The third-order valence-corrected chi connectivity index (χ3v) is 6.00. The van der Waals surface area contributed by atoms with Crippen molar-refractivity contribution in [2.24, 2.45) is 0 Å². The number of halogens is 2. The zero-order valence-corrected chi connectivity index (χ0v) is 12.1. The first-order chi connectivity index (χ1) is 9.54. The number of carbonyl (C=O) groups is 1. The van der Waals surface area contributed by atoms with E-state index in [1.807, 2.05) is 18.2 Å². The quantitative estimate of drug-likeness (QED) is 0.883. The van der Waals surface area contributed by atoms with E-state index in [1.54, 1.807) is 4.57 Å². The van der Waals surface area contributed by atoms with E-state index in [0.29, 0.717) is 11.6 Å². The summed E-state index contributed by atoms with van der Waals surface area (Å²) < 4.78 is 14.4. The normalized spacial score (nSPS) is 18.2. The van der Waals surface area contributed by atoms with E-state index < -0.39 is 20.3 Å². The molecular weight excluding hydrogens is 299 g/mol. The molecule has 2 heterocycles. The summed E-state index contributed by atoms with van der Waals surface area (Å²) in [4.78, 5) is 14.4. The van der Waals surface area contributed by atoms with Crippen molar-refractivity contribution in [3.63, 3.8) is 0 Å². The molecule has 7 heteroatoms. The maximum Gasteiger partial charge on any atom is 0.268 e. The zero-order valence-electron chi connectivity index (χ0n) is 10.4. The third-order valence-electron chi connectivity index (χ3n) is 3.39. The number of hydrogen-bond acceptors (Lipinski definition) is 2. The van der Waals surface area contributed by atoms with Gasteiger partial charge < -0.3 is 9.67 Å². The van der Waals surface area contributed by atoms with Crippen LogP contribution in [-0.2, 0) is 6.54 Å². The highest BCUT2D eigenvalue weighted by molar-refractivity contribution is 6.97. The molecule has 0 amide bonds. The van der Waals surface area contributed by atoms with Gasteiger partial charge in [0, 0.05) is 5.02 Å². The molecule has 20 heavy (non-hydrogen) atoms. The highest BCUT2D eigenvalue weighted by Crippen LogP contribution is 2.42. The summed E-state index contributed by atoms with van der Waals surface area (Å²) in [6.07, 6.45) is 2.71. The highest BCUT2D eigenvalue weighted by Gasteiger charge is 2.47. The van der Waals surface area contributed by atoms with Crippen LogP contribution in [0.3, 0.4) is 0 Å². The molecule has 103 valence electrons. The Morgan fingerprint density at radius 1 is 1.60 bits per heavy atom. The maximum absolute atomic E-state index is 12.8. The molecular formula is C13H11ClFN2O2Si. The van der Waals surface area contributed by atoms with Crippen LogP contribution in [0.4, 0.5) is 9.18 Å². The Morgan fingerprint density at radius 3 is 2.95 bits per heavy atom. The SMILES string of the molecule is O=C(O)[Si]1C[C@@H]1c1ccc(Cn2cnc(F)c2)c(Cl)c1. The Bertz CT molecular complexity index is 676. The van der Waals surface area contributed by atoms with Gasteiger partial charge in [0.1, 0.15) is 0 Å². The van der Waals surface area contributed by atoms with Gasteiger partial charge in [0.15, 0.2) is 8.80 Å². The molecule has 2 aromatic rings. The minimum atomic E-state index is -1.28. The van der Waals surface area contributed by atoms with Crippen molar-refractivity contribution in [1.29, 1.82) is 0 Å². The predicted molar refractivity (Wildman–Crippen MR) is 74.1 cm³/mol. The van der Waals surface area contributed by atoms with Crippen LogP contribution in [0, 0.1) is 5.95 Å². The smallest absolute Gasteiger partial charge is 0.268 e. The molecule has 1 N–H and O–H groups in total. The Kier molecular flexibility index (Phi) is 3.35. The first-order valence-corrected chi connectivity index (χ1v) is 8.25. The van der Waals surface area contributed by atoms with E-state index >= 15 is 0 Å². The Balaban J connectivity index is 1.76. The van der Waals surface area contributed by atoms with Crippen molar-refractivity contribution in [2.75, 3.05) is 0 Å². The molecule has 1 aromatic carbocycles. The van der Waals surface area contributed by atoms with Gasteiger partial charge in [-0.3, -0.25) is 4.79 Å². The third kappa shape index (κ3) is 2.61. The molecule has 1 saturated heterocycles. The summed E-state index contributed by atoms with van der Waals surface area (Å²) in [5, 5.41) is 9.55. The van der Waals surface area contributed by atoms with Gasteiger partial charge in [0.05, 0.1) is 19.1 Å². The molecule has 0 aliphatic carbocycles. The lowest BCUT2D eigenvalue weighted by atomic mass is 10.1. The van der Waals surface area contributed by atoms with Gasteiger partial charge in [0.2, 0.25) is 5.95 Å². The molecule has 0 spiro atoms. The number of carboxylic acid groups (broad SMARTS) is 1. The molecule has 1 atom stereocenters. The van der Waals surface area contributed by atoms with Crippen molar-refractivity contribution < 1.29 is 14.3 Å². The van der Waals surface area contributed by atoms with Crippen LogP contribution in [0.25, 0.3) is 0 Å². The minimum absolute atomic E-state index is 0.162. The van der Waals surface area contributed by atoms with Crippen molar-refractivity contribution in [2.45, 2.75) is 18.1 Å². The number of rotatable bonds is 4. The van der Waals surface area contributed by atoms with Gasteiger partial charge in [-0.2, -0.15) is 4.39 Å². The standard InChI is InChI=1S/C13H11ClFN2O2Si/c14-10-3-8(11-6-20(11)13(18)19)1-2-9(10)4-17-5-12(15)16-7-17/h1-3,5,7,11H,4,6H2,(H,18,19)/t11-/m1/s1. The summed E-state index contributed by atoms with van der Waals surface area (Å²) >= 11 is 6.22. The summed E-state index contributed by atoms with van der Waals surface area (Å²) in [5.41, 5.74) is 1.35. The summed E-state index contributed by atoms with van der Waals surface area (Å²) in [7, 11) is -1.28. The molecule has 0 saturated carbocycles. The van der Waals surface area contributed by atoms with E-state index in [-0.39, 0.29) is 5.54 Å². The molecule has 1 fully saturated rings. The lowest BCUT2D eigenvalue weighted by molar-refractivity contribution is 0.219. The first kappa shape index (κ1) is 13.3. The molecule has 0 unspecified atom stereocenters. The summed E-state index contributed by atoms with van der Waals surface area (Å²) in [6.45, 7) is 0.442. The van der Waals surface area contributed by atoms with E-state index in [0.717, 1.165) is 17.2 Å². The van der Waals surface area contributed by atoms with Crippen molar-refractivity contribution >= 4 is 26.0 Å². The molecule has 1 aliphatic heterocycles. The van der Waals surface area contributed by atoms with Crippen LogP contribution < -0.4 is 0 Å². The fourth-order valence-electron chi connectivity index (χ4n) is 2.24. The van der Waals surface area contributed by atoms with E-state index in [4.69, 9.17) is 16.7 Å². The van der Waals surface area contributed by atoms with Gasteiger partial charge in [-0.05, 0) is 28.8 Å². The molecule has 1 radical (unpaired) electrons. The minimum Gasteiger partial charge on any atom is -0.486 e. The van der Waals surface area contributed by atoms with E-state index in [2.05, 4.69) is 4.98 Å². The molecule has 1 aliphatic rings. The fraction of sp³-hybridized carbons (Fsp3) is 0.231.